The molecule has 0 radical (unpaired) electrons. The lowest BCUT2D eigenvalue weighted by Crippen LogP contribution is -2.38. The summed E-state index contributed by atoms with van der Waals surface area (Å²) in [6.45, 7) is 1.46. The molecule has 1 aliphatic rings. The summed E-state index contributed by atoms with van der Waals surface area (Å²) in [5.41, 5.74) is 2.32. The van der Waals surface area contributed by atoms with E-state index in [1.54, 1.807) is 17.0 Å². The van der Waals surface area contributed by atoms with Crippen molar-refractivity contribution in [3.63, 3.8) is 0 Å². The molecule has 1 heterocycles. The quantitative estimate of drug-likeness (QED) is 0.521. The predicted octanol–water partition coefficient (Wildman–Crippen LogP) is 5.41. The van der Waals surface area contributed by atoms with Gasteiger partial charge in [-0.15, -0.1) is 0 Å². The molecule has 0 aliphatic carbocycles. The van der Waals surface area contributed by atoms with E-state index < -0.39 is 17.5 Å². The van der Waals surface area contributed by atoms with Crippen LogP contribution in [0.25, 0.3) is 0 Å². The molecule has 4 nitrogen and oxygen atoms in total. The van der Waals surface area contributed by atoms with Crippen molar-refractivity contribution in [2.75, 3.05) is 18.0 Å². The van der Waals surface area contributed by atoms with Crippen molar-refractivity contribution in [3.8, 4) is 6.07 Å². The second-order valence-electron chi connectivity index (χ2n) is 7.74. The minimum absolute atomic E-state index is 0.000762. The minimum Gasteiger partial charge on any atom is -0.362 e. The molecule has 4 rings (SSSR count). The average Bonchev–Trinajstić information content (AvgIpc) is 3.27. The first-order valence-corrected chi connectivity index (χ1v) is 10.6. The number of hydrogen-bond donors (Lipinski definition) is 0. The van der Waals surface area contributed by atoms with Gasteiger partial charge in [0.15, 0.2) is 0 Å². The number of carbonyl (C=O) groups is 1. The van der Waals surface area contributed by atoms with Crippen LogP contribution in [0.2, 0.25) is 5.02 Å². The Hall–Kier alpha value is -3.43. The summed E-state index contributed by atoms with van der Waals surface area (Å²) >= 11 is 6.29. The lowest BCUT2D eigenvalue weighted by molar-refractivity contribution is 0.0789. The maximum atomic E-state index is 13.6. The fourth-order valence-electron chi connectivity index (χ4n) is 4.03. The molecule has 7 heteroatoms. The number of likely N-dealkylation sites (tertiary alicyclic amines) is 1. The second-order valence-corrected chi connectivity index (χ2v) is 8.15. The van der Waals surface area contributed by atoms with Gasteiger partial charge in [-0.3, -0.25) is 4.79 Å². The van der Waals surface area contributed by atoms with Crippen LogP contribution in [-0.4, -0.2) is 29.9 Å². The average molecular weight is 452 g/mol. The number of anilines is 1. The molecular weight excluding hydrogens is 432 g/mol. The number of benzene rings is 3. The molecule has 0 spiro atoms. The van der Waals surface area contributed by atoms with Crippen LogP contribution in [0.4, 0.5) is 14.5 Å². The van der Waals surface area contributed by atoms with Gasteiger partial charge in [0.1, 0.15) is 17.7 Å². The highest BCUT2D eigenvalue weighted by molar-refractivity contribution is 6.32. The Bertz CT molecular complexity index is 1160. The molecule has 0 N–H and O–H groups in total. The van der Waals surface area contributed by atoms with E-state index in [1.807, 2.05) is 36.4 Å². The number of nitriles is 1. The summed E-state index contributed by atoms with van der Waals surface area (Å²) in [7, 11) is 0. The van der Waals surface area contributed by atoms with Gasteiger partial charge in [-0.1, -0.05) is 41.9 Å². The Morgan fingerprint density at radius 3 is 2.47 bits per heavy atom. The molecule has 1 fully saturated rings. The molecule has 1 saturated heterocycles. The van der Waals surface area contributed by atoms with Gasteiger partial charge in [0.25, 0.3) is 5.91 Å². The number of hydrogen-bond acceptors (Lipinski definition) is 3. The first-order valence-electron chi connectivity index (χ1n) is 10.2. The standard InChI is InChI=1S/C25H20ClF2N3O/c26-24-13-22(7-6-18(24)14-29)31(15-17-4-2-1-3-5-17)23-8-9-30(16-23)25(32)19-10-20(27)12-21(28)11-19/h1-7,10-13,23H,8-9,15-16H2/t23-/m0/s1. The Kier molecular flexibility index (Phi) is 6.38. The van der Waals surface area contributed by atoms with Crippen LogP contribution >= 0.6 is 11.6 Å². The highest BCUT2D eigenvalue weighted by Gasteiger charge is 2.32. The van der Waals surface area contributed by atoms with E-state index in [0.717, 1.165) is 29.4 Å². The van der Waals surface area contributed by atoms with Crippen LogP contribution in [0.3, 0.4) is 0 Å². The van der Waals surface area contributed by atoms with Gasteiger partial charge in [-0.25, -0.2) is 8.78 Å². The van der Waals surface area contributed by atoms with Crippen molar-refractivity contribution < 1.29 is 13.6 Å². The number of rotatable bonds is 5. The van der Waals surface area contributed by atoms with Crippen molar-refractivity contribution >= 4 is 23.2 Å². The van der Waals surface area contributed by atoms with E-state index in [2.05, 4.69) is 11.0 Å². The normalized spacial score (nSPS) is 15.4. The first kappa shape index (κ1) is 21.8. The maximum absolute atomic E-state index is 13.6. The van der Waals surface area contributed by atoms with Crippen LogP contribution in [0.1, 0.15) is 27.9 Å². The summed E-state index contributed by atoms with van der Waals surface area (Å²) in [4.78, 5) is 16.6. The molecule has 3 aromatic rings. The van der Waals surface area contributed by atoms with Gasteiger partial charge in [0, 0.05) is 43.0 Å². The number of carbonyl (C=O) groups excluding carboxylic acids is 1. The SMILES string of the molecule is N#Cc1ccc(N(Cc2ccccc2)[C@H]2CCN(C(=O)c3cc(F)cc(F)c3)C2)cc1Cl. The zero-order valence-electron chi connectivity index (χ0n) is 17.1. The van der Waals surface area contributed by atoms with Crippen molar-refractivity contribution in [1.29, 1.82) is 5.26 Å². The smallest absolute Gasteiger partial charge is 0.254 e. The molecule has 1 atom stereocenters. The van der Waals surface area contributed by atoms with Gasteiger partial charge in [-0.2, -0.15) is 5.26 Å². The molecule has 0 saturated carbocycles. The number of nitrogens with zero attached hydrogens (tertiary/aromatic N) is 3. The maximum Gasteiger partial charge on any atom is 0.254 e. The minimum atomic E-state index is -0.776. The molecule has 3 aromatic carbocycles. The van der Waals surface area contributed by atoms with Crippen LogP contribution < -0.4 is 4.90 Å². The zero-order chi connectivity index (χ0) is 22.7. The monoisotopic (exact) mass is 451 g/mol. The number of amides is 1. The zero-order valence-corrected chi connectivity index (χ0v) is 17.9. The Balaban J connectivity index is 1.59. The van der Waals surface area contributed by atoms with E-state index in [1.165, 1.54) is 0 Å². The second kappa shape index (κ2) is 9.37. The van der Waals surface area contributed by atoms with E-state index in [9.17, 15) is 18.8 Å². The molecule has 0 bridgehead atoms. The lowest BCUT2D eigenvalue weighted by atomic mass is 10.1. The van der Waals surface area contributed by atoms with E-state index >= 15 is 0 Å². The highest BCUT2D eigenvalue weighted by atomic mass is 35.5. The fraction of sp³-hybridized carbons (Fsp3) is 0.200. The number of halogens is 3. The fourth-order valence-corrected chi connectivity index (χ4v) is 4.24. The van der Waals surface area contributed by atoms with Crippen molar-refractivity contribution in [3.05, 3.63) is 100 Å². The molecule has 0 unspecified atom stereocenters. The summed E-state index contributed by atoms with van der Waals surface area (Å²) in [6, 6.07) is 20.1. The van der Waals surface area contributed by atoms with E-state index in [-0.39, 0.29) is 11.6 Å². The Morgan fingerprint density at radius 2 is 1.81 bits per heavy atom. The predicted molar refractivity (Wildman–Crippen MR) is 119 cm³/mol. The Labute approximate surface area is 190 Å². The molecule has 1 aliphatic heterocycles. The third-order valence-corrected chi connectivity index (χ3v) is 5.91. The van der Waals surface area contributed by atoms with Gasteiger partial charge in [0.05, 0.1) is 10.6 Å². The van der Waals surface area contributed by atoms with Crippen LogP contribution in [0.15, 0.2) is 66.7 Å². The molecule has 32 heavy (non-hydrogen) atoms. The molecule has 162 valence electrons. The summed E-state index contributed by atoms with van der Waals surface area (Å²) in [5, 5.41) is 9.56. The first-order chi connectivity index (χ1) is 15.4. The van der Waals surface area contributed by atoms with Gasteiger partial charge in [0.2, 0.25) is 0 Å². The van der Waals surface area contributed by atoms with Crippen molar-refractivity contribution in [2.24, 2.45) is 0 Å². The topological polar surface area (TPSA) is 47.3 Å². The Morgan fingerprint density at radius 1 is 1.09 bits per heavy atom. The van der Waals surface area contributed by atoms with Crippen molar-refractivity contribution in [1.82, 2.24) is 4.90 Å². The summed E-state index contributed by atoms with van der Waals surface area (Å²) in [5.74, 6) is -1.95. The van der Waals surface area contributed by atoms with Crippen LogP contribution in [0.5, 0.6) is 0 Å². The third-order valence-electron chi connectivity index (χ3n) is 5.60. The third kappa shape index (κ3) is 4.74. The van der Waals surface area contributed by atoms with Gasteiger partial charge in [-0.05, 0) is 42.3 Å². The lowest BCUT2D eigenvalue weighted by Gasteiger charge is -2.32. The van der Waals surface area contributed by atoms with Crippen LogP contribution in [-0.2, 0) is 6.54 Å². The highest BCUT2D eigenvalue weighted by Crippen LogP contribution is 2.30. The summed E-state index contributed by atoms with van der Waals surface area (Å²) < 4.78 is 27.2. The van der Waals surface area contributed by atoms with E-state index in [4.69, 9.17) is 11.6 Å². The summed E-state index contributed by atoms with van der Waals surface area (Å²) in [6.07, 6.45) is 0.688. The van der Waals surface area contributed by atoms with Crippen molar-refractivity contribution in [2.45, 2.75) is 19.0 Å². The molecule has 0 aromatic heterocycles. The van der Waals surface area contributed by atoms with Crippen LogP contribution in [0, 0.1) is 23.0 Å². The van der Waals surface area contributed by atoms with E-state index in [0.29, 0.717) is 36.6 Å². The molecule has 1 amide bonds. The molecular formula is C25H20ClF2N3O. The van der Waals surface area contributed by atoms with Gasteiger partial charge >= 0.3 is 0 Å². The largest absolute Gasteiger partial charge is 0.362 e. The van der Waals surface area contributed by atoms with Gasteiger partial charge < -0.3 is 9.80 Å².